The first-order valence-corrected chi connectivity index (χ1v) is 2.69. The van der Waals surface area contributed by atoms with E-state index in [0.717, 1.165) is 0 Å². The van der Waals surface area contributed by atoms with Crippen LogP contribution in [-0.4, -0.2) is 11.1 Å². The lowest BCUT2D eigenvalue weighted by Gasteiger charge is -1.91. The Balaban J connectivity index is 2.54. The lowest BCUT2D eigenvalue weighted by atomic mass is 10.3. The van der Waals surface area contributed by atoms with Crippen molar-refractivity contribution in [1.82, 2.24) is 0 Å². The Labute approximate surface area is 56.1 Å². The summed E-state index contributed by atoms with van der Waals surface area (Å²) >= 11 is 0. The largest absolute Gasteiger partial charge is 0.330 e. The number of aliphatic imine (C=N–C) groups is 1. The van der Waals surface area contributed by atoms with E-state index in [1.54, 1.807) is 0 Å². The van der Waals surface area contributed by atoms with Crippen molar-refractivity contribution in [2.75, 3.05) is 0 Å². The first-order chi connectivity index (χ1) is 4.88. The van der Waals surface area contributed by atoms with E-state index in [2.05, 4.69) is 15.2 Å². The van der Waals surface area contributed by atoms with E-state index in [9.17, 15) is 4.91 Å². The Bertz CT molecular complexity index is 304. The summed E-state index contributed by atoms with van der Waals surface area (Å²) in [4.78, 5) is 14.4. The van der Waals surface area contributed by atoms with Crippen LogP contribution in [-0.2, 0) is 0 Å². The molecule has 0 spiro atoms. The maximum atomic E-state index is 10.8. The van der Waals surface area contributed by atoms with Crippen molar-refractivity contribution in [3.63, 3.8) is 0 Å². The van der Waals surface area contributed by atoms with Crippen molar-refractivity contribution in [3.8, 4) is 0 Å². The van der Waals surface area contributed by atoms with Gasteiger partial charge in [-0.3, -0.25) is 0 Å². The molecule has 0 saturated heterocycles. The summed E-state index contributed by atoms with van der Waals surface area (Å²) in [5.74, 6) is 0. The molecule has 0 bridgehead atoms. The molecule has 2 rings (SSSR count). The van der Waals surface area contributed by atoms with Crippen molar-refractivity contribution in [3.05, 3.63) is 28.7 Å². The average Bonchev–Trinajstić information content (AvgIpc) is 2.36. The topological polar surface area (TPSA) is 57.2 Å². The van der Waals surface area contributed by atoms with Crippen LogP contribution in [0.5, 0.6) is 0 Å². The number of hydrogen-bond acceptors (Lipinski definition) is 4. The van der Waals surface area contributed by atoms with E-state index in [0.29, 0.717) is 16.2 Å². The molecule has 2 aliphatic heterocycles. The maximum absolute atomic E-state index is 10.8. The molecule has 0 radical (unpaired) electrons. The van der Waals surface area contributed by atoms with Gasteiger partial charge in [0.25, 0.3) is 0 Å². The Morgan fingerprint density at radius 2 is 2.30 bits per heavy atom. The highest BCUT2D eigenvalue weighted by Gasteiger charge is 2.24. The van der Waals surface area contributed by atoms with Crippen molar-refractivity contribution >= 4 is 6.34 Å². The summed E-state index contributed by atoms with van der Waals surface area (Å²) in [5, 5.41) is 7.20. The predicted molar refractivity (Wildman–Crippen MR) is 33.1 cm³/mol. The molecule has 0 atom stereocenters. The smallest absolute Gasteiger partial charge is 0.154 e. The van der Waals surface area contributed by atoms with Gasteiger partial charge in [-0.05, 0) is 0 Å². The van der Waals surface area contributed by atoms with Gasteiger partial charge in [-0.15, -0.1) is 5.11 Å². The molecule has 2 aliphatic rings. The van der Waals surface area contributed by atoms with Crippen LogP contribution < -0.4 is 0 Å². The molecular formula is C5H3N4O+. The first kappa shape index (κ1) is 5.16. The minimum atomic E-state index is 0.454. The van der Waals surface area contributed by atoms with E-state index in [4.69, 9.17) is 0 Å². The highest BCUT2D eigenvalue weighted by atomic mass is 16.3. The molecular weight excluding hydrogens is 132 g/mol. The lowest BCUT2D eigenvalue weighted by Crippen LogP contribution is -2.07. The van der Waals surface area contributed by atoms with Crippen LogP contribution >= 0.6 is 0 Å². The standard InChI is InChI=1S/C5H3N4O/c10-9-3-6-1-4-5(9)2-7-8-4/h1-3H/q+1. The van der Waals surface area contributed by atoms with Crippen LogP contribution in [0.25, 0.3) is 0 Å². The third-order valence-electron chi connectivity index (χ3n) is 1.21. The molecule has 0 fully saturated rings. The highest BCUT2D eigenvalue weighted by molar-refractivity contribution is 5.52. The van der Waals surface area contributed by atoms with Crippen molar-refractivity contribution in [1.29, 1.82) is 0 Å². The molecule has 48 valence electrons. The molecule has 0 N–H and O–H groups in total. The molecule has 0 aromatic heterocycles. The third-order valence-corrected chi connectivity index (χ3v) is 1.21. The van der Waals surface area contributed by atoms with Gasteiger partial charge in [0.15, 0.2) is 11.9 Å². The summed E-state index contributed by atoms with van der Waals surface area (Å²) in [6, 6.07) is 0. The van der Waals surface area contributed by atoms with Crippen LogP contribution in [0, 0.1) is 4.91 Å². The maximum Gasteiger partial charge on any atom is 0.330 e. The zero-order valence-electron chi connectivity index (χ0n) is 4.93. The van der Waals surface area contributed by atoms with Crippen LogP contribution in [0.3, 0.4) is 0 Å². The number of hydrogen-bond donors (Lipinski definition) is 0. The Hall–Kier alpha value is -1.65. The number of nitrogens with zero attached hydrogens (tertiary/aromatic N) is 4. The van der Waals surface area contributed by atoms with E-state index in [1.807, 2.05) is 0 Å². The summed E-state index contributed by atoms with van der Waals surface area (Å²) in [5.41, 5.74) is 0.979. The SMILES string of the molecule is O=[N+]1C=NC=C2N=NC=C21. The molecule has 0 aromatic rings. The second-order valence-corrected chi connectivity index (χ2v) is 1.83. The fourth-order valence-electron chi connectivity index (χ4n) is 0.752. The van der Waals surface area contributed by atoms with Gasteiger partial charge in [0.1, 0.15) is 6.20 Å². The normalized spacial score (nSPS) is 20.6. The van der Waals surface area contributed by atoms with Gasteiger partial charge in [0.05, 0.1) is 0 Å². The summed E-state index contributed by atoms with van der Waals surface area (Å²) in [7, 11) is 0. The molecule has 2 heterocycles. The second kappa shape index (κ2) is 1.66. The average molecular weight is 135 g/mol. The summed E-state index contributed by atoms with van der Waals surface area (Å²) in [6.07, 6.45) is 4.08. The summed E-state index contributed by atoms with van der Waals surface area (Å²) < 4.78 is 0.634. The lowest BCUT2D eigenvalue weighted by molar-refractivity contribution is -0.359. The van der Waals surface area contributed by atoms with Crippen molar-refractivity contribution < 1.29 is 4.76 Å². The fraction of sp³-hybridized carbons (Fsp3) is 0. The van der Waals surface area contributed by atoms with Gasteiger partial charge < -0.3 is 0 Å². The number of fused-ring (bicyclic) bond motifs is 1. The van der Waals surface area contributed by atoms with Crippen LogP contribution in [0.2, 0.25) is 0 Å². The Morgan fingerprint density at radius 3 is 3.10 bits per heavy atom. The number of azo groups is 1. The van der Waals surface area contributed by atoms with Gasteiger partial charge >= 0.3 is 6.34 Å². The van der Waals surface area contributed by atoms with E-state index in [-0.39, 0.29) is 0 Å². The Morgan fingerprint density at radius 1 is 1.40 bits per heavy atom. The minimum absolute atomic E-state index is 0.454. The van der Waals surface area contributed by atoms with Gasteiger partial charge in [0.2, 0.25) is 5.70 Å². The second-order valence-electron chi connectivity index (χ2n) is 1.83. The molecule has 0 saturated carbocycles. The van der Waals surface area contributed by atoms with Crippen LogP contribution in [0.15, 0.2) is 39.0 Å². The fourth-order valence-corrected chi connectivity index (χ4v) is 0.752. The van der Waals surface area contributed by atoms with Crippen LogP contribution in [0.4, 0.5) is 0 Å². The van der Waals surface area contributed by atoms with E-state index < -0.39 is 0 Å². The minimum Gasteiger partial charge on any atom is -0.154 e. The number of nitroso groups, excluding NO2 is 1. The quantitative estimate of drug-likeness (QED) is 0.456. The van der Waals surface area contributed by atoms with Crippen molar-refractivity contribution in [2.45, 2.75) is 0 Å². The Kier molecular flexibility index (Phi) is 0.858. The monoisotopic (exact) mass is 135 g/mol. The molecule has 0 aromatic carbocycles. The van der Waals surface area contributed by atoms with Gasteiger partial charge in [-0.2, -0.15) is 5.11 Å². The van der Waals surface area contributed by atoms with E-state index >= 15 is 0 Å². The first-order valence-electron chi connectivity index (χ1n) is 2.69. The zero-order chi connectivity index (χ0) is 6.97. The molecule has 0 amide bonds. The summed E-state index contributed by atoms with van der Waals surface area (Å²) in [6.45, 7) is 0. The van der Waals surface area contributed by atoms with Gasteiger partial charge in [-0.1, -0.05) is 9.90 Å². The van der Waals surface area contributed by atoms with Gasteiger partial charge in [0, 0.05) is 4.76 Å². The zero-order valence-corrected chi connectivity index (χ0v) is 4.93. The van der Waals surface area contributed by atoms with Crippen molar-refractivity contribution in [2.24, 2.45) is 15.2 Å². The molecule has 5 nitrogen and oxygen atoms in total. The number of rotatable bonds is 0. The van der Waals surface area contributed by atoms with Gasteiger partial charge in [-0.25, -0.2) is 0 Å². The van der Waals surface area contributed by atoms with E-state index in [1.165, 1.54) is 18.7 Å². The molecule has 10 heavy (non-hydrogen) atoms. The molecule has 0 unspecified atom stereocenters. The highest BCUT2D eigenvalue weighted by Crippen LogP contribution is 2.20. The third kappa shape index (κ3) is 0.540. The molecule has 0 aliphatic carbocycles. The predicted octanol–water partition coefficient (Wildman–Crippen LogP) is 0.956. The van der Waals surface area contributed by atoms with Crippen LogP contribution in [0.1, 0.15) is 0 Å². The molecule has 5 heteroatoms.